The van der Waals surface area contributed by atoms with E-state index in [4.69, 9.17) is 9.47 Å². The molecule has 2 aromatic rings. The number of ether oxygens (including phenoxy) is 2. The highest BCUT2D eigenvalue weighted by Gasteiger charge is 2.27. The third kappa shape index (κ3) is 7.14. The molecule has 1 aliphatic heterocycles. The Kier molecular flexibility index (Phi) is 9.41. The Morgan fingerprint density at radius 2 is 1.80 bits per heavy atom. The third-order valence-corrected chi connectivity index (χ3v) is 7.49. The fraction of sp³-hybridized carbons (Fsp3) is 0.360. The molecule has 0 aromatic heterocycles. The average molecular weight is 502 g/mol. The van der Waals surface area contributed by atoms with Gasteiger partial charge in [0.2, 0.25) is 15.9 Å². The van der Waals surface area contributed by atoms with Crippen LogP contribution in [0.1, 0.15) is 12.5 Å². The predicted molar refractivity (Wildman–Crippen MR) is 131 cm³/mol. The number of carbonyl (C=O) groups excluding carboxylic acids is 2. The first-order valence-electron chi connectivity index (χ1n) is 11.4. The average Bonchev–Trinajstić information content (AvgIpc) is 2.90. The number of carbonyl (C=O) groups is 2. The minimum Gasteiger partial charge on any atom is -0.484 e. The third-order valence-electron chi connectivity index (χ3n) is 5.58. The van der Waals surface area contributed by atoms with Crippen LogP contribution in [0.15, 0.2) is 72.1 Å². The monoisotopic (exact) mass is 501 g/mol. The molecule has 35 heavy (non-hydrogen) atoms. The zero-order valence-electron chi connectivity index (χ0n) is 19.8. The number of nitrogens with zero attached hydrogens (tertiary/aromatic N) is 2. The van der Waals surface area contributed by atoms with Crippen LogP contribution in [0.5, 0.6) is 5.75 Å². The second kappa shape index (κ2) is 12.5. The van der Waals surface area contributed by atoms with E-state index in [1.54, 1.807) is 13.0 Å². The van der Waals surface area contributed by atoms with Crippen LogP contribution in [0.3, 0.4) is 0 Å². The molecule has 0 bridgehead atoms. The van der Waals surface area contributed by atoms with Gasteiger partial charge in [0, 0.05) is 26.2 Å². The largest absolute Gasteiger partial charge is 0.484 e. The molecular formula is C25H31N3O6S. The molecule has 0 saturated carbocycles. The number of amides is 2. The Hall–Kier alpha value is -3.21. The number of morpholine rings is 1. The fourth-order valence-electron chi connectivity index (χ4n) is 3.56. The highest BCUT2D eigenvalue weighted by atomic mass is 32.2. The summed E-state index contributed by atoms with van der Waals surface area (Å²) in [6.07, 6.45) is 1.57. The lowest BCUT2D eigenvalue weighted by Gasteiger charge is -2.28. The van der Waals surface area contributed by atoms with Crippen molar-refractivity contribution >= 4 is 21.8 Å². The molecule has 2 aromatic carbocycles. The Balaban J connectivity index is 1.66. The molecule has 1 N–H and O–H groups in total. The molecule has 3 rings (SSSR count). The number of benzene rings is 2. The van der Waals surface area contributed by atoms with E-state index in [0.29, 0.717) is 38.6 Å². The molecule has 0 unspecified atom stereocenters. The van der Waals surface area contributed by atoms with Gasteiger partial charge < -0.3 is 19.7 Å². The maximum absolute atomic E-state index is 13.1. The first kappa shape index (κ1) is 26.4. The standard InChI is InChI=1S/C25H31N3O6S/c1-3-13-26-25(30)20(2)28(18-21-7-5-4-6-8-21)24(29)19-34-22-9-11-23(12-10-22)35(31,32)27-14-16-33-17-15-27/h3-12,20H,1,13-19H2,2H3,(H,26,30)/t20-/m0/s1. The molecule has 1 atom stereocenters. The molecule has 0 aliphatic carbocycles. The van der Waals surface area contributed by atoms with Gasteiger partial charge in [-0.3, -0.25) is 9.59 Å². The van der Waals surface area contributed by atoms with Crippen LogP contribution < -0.4 is 10.1 Å². The van der Waals surface area contributed by atoms with E-state index in [9.17, 15) is 18.0 Å². The summed E-state index contributed by atoms with van der Waals surface area (Å²) in [6.45, 7) is 6.83. The first-order valence-corrected chi connectivity index (χ1v) is 12.8. The van der Waals surface area contributed by atoms with Crippen LogP contribution in [-0.4, -0.2) is 74.9 Å². The van der Waals surface area contributed by atoms with Gasteiger partial charge in [-0.2, -0.15) is 4.31 Å². The number of rotatable bonds is 11. The van der Waals surface area contributed by atoms with Crippen LogP contribution in [0.25, 0.3) is 0 Å². The highest BCUT2D eigenvalue weighted by Crippen LogP contribution is 2.21. The van der Waals surface area contributed by atoms with Crippen molar-refractivity contribution in [3.05, 3.63) is 72.8 Å². The van der Waals surface area contributed by atoms with E-state index < -0.39 is 16.1 Å². The van der Waals surface area contributed by atoms with E-state index >= 15 is 0 Å². The fourth-order valence-corrected chi connectivity index (χ4v) is 4.96. The van der Waals surface area contributed by atoms with Crippen molar-refractivity contribution in [2.75, 3.05) is 39.5 Å². The summed E-state index contributed by atoms with van der Waals surface area (Å²) in [5, 5.41) is 2.71. The SMILES string of the molecule is C=CCNC(=O)[C@H](C)N(Cc1ccccc1)C(=O)COc1ccc(S(=O)(=O)N2CCOCC2)cc1. The topological polar surface area (TPSA) is 105 Å². The maximum atomic E-state index is 13.1. The van der Waals surface area contributed by atoms with Crippen molar-refractivity contribution in [3.63, 3.8) is 0 Å². The summed E-state index contributed by atoms with van der Waals surface area (Å²) in [5.74, 6) is -0.324. The molecule has 0 radical (unpaired) electrons. The minimum absolute atomic E-state index is 0.149. The van der Waals surface area contributed by atoms with Crippen molar-refractivity contribution in [2.24, 2.45) is 0 Å². The van der Waals surface area contributed by atoms with E-state index in [1.165, 1.54) is 33.5 Å². The molecule has 9 nitrogen and oxygen atoms in total. The highest BCUT2D eigenvalue weighted by molar-refractivity contribution is 7.89. The van der Waals surface area contributed by atoms with Gasteiger partial charge in [0.25, 0.3) is 5.91 Å². The lowest BCUT2D eigenvalue weighted by atomic mass is 10.1. The van der Waals surface area contributed by atoms with Gasteiger partial charge in [0.15, 0.2) is 6.61 Å². The number of nitrogens with one attached hydrogen (secondary N) is 1. The van der Waals surface area contributed by atoms with Gasteiger partial charge in [0.05, 0.1) is 18.1 Å². The van der Waals surface area contributed by atoms with Crippen LogP contribution >= 0.6 is 0 Å². The zero-order chi connectivity index (χ0) is 25.3. The summed E-state index contributed by atoms with van der Waals surface area (Å²) in [7, 11) is -3.62. The Labute approximate surface area is 206 Å². The van der Waals surface area contributed by atoms with Gasteiger partial charge >= 0.3 is 0 Å². The van der Waals surface area contributed by atoms with Gasteiger partial charge in [-0.1, -0.05) is 36.4 Å². The zero-order valence-corrected chi connectivity index (χ0v) is 20.6. The van der Waals surface area contributed by atoms with Crippen molar-refractivity contribution in [2.45, 2.75) is 24.4 Å². The van der Waals surface area contributed by atoms with Crippen LogP contribution in [-0.2, 0) is 30.9 Å². The quantitative estimate of drug-likeness (QED) is 0.471. The van der Waals surface area contributed by atoms with Crippen molar-refractivity contribution < 1.29 is 27.5 Å². The van der Waals surface area contributed by atoms with Crippen LogP contribution in [0.4, 0.5) is 0 Å². The number of sulfonamides is 1. The summed E-state index contributed by atoms with van der Waals surface area (Å²) in [5.41, 5.74) is 0.877. The van der Waals surface area contributed by atoms with Gasteiger partial charge in [-0.05, 0) is 36.8 Å². The maximum Gasteiger partial charge on any atom is 0.261 e. The Bertz CT molecular complexity index is 1100. The summed E-state index contributed by atoms with van der Waals surface area (Å²) >= 11 is 0. The van der Waals surface area contributed by atoms with Gasteiger partial charge in [-0.15, -0.1) is 6.58 Å². The molecule has 1 fully saturated rings. The lowest BCUT2D eigenvalue weighted by molar-refractivity contribution is -0.142. The Morgan fingerprint density at radius 3 is 2.43 bits per heavy atom. The summed E-state index contributed by atoms with van der Waals surface area (Å²) in [4.78, 5) is 27.2. The van der Waals surface area contributed by atoms with Gasteiger partial charge in [-0.25, -0.2) is 8.42 Å². The van der Waals surface area contributed by atoms with E-state index in [0.717, 1.165) is 5.56 Å². The van der Waals surface area contributed by atoms with Gasteiger partial charge in [0.1, 0.15) is 11.8 Å². The van der Waals surface area contributed by atoms with Crippen molar-refractivity contribution in [1.29, 1.82) is 0 Å². The summed E-state index contributed by atoms with van der Waals surface area (Å²) < 4.78 is 37.8. The first-order chi connectivity index (χ1) is 16.8. The van der Waals surface area contributed by atoms with Crippen molar-refractivity contribution in [1.82, 2.24) is 14.5 Å². The van der Waals surface area contributed by atoms with E-state index in [2.05, 4.69) is 11.9 Å². The second-order valence-corrected chi connectivity index (χ2v) is 9.93. The molecule has 188 valence electrons. The molecule has 1 heterocycles. The van der Waals surface area contributed by atoms with Crippen LogP contribution in [0, 0.1) is 0 Å². The predicted octanol–water partition coefficient (Wildman–Crippen LogP) is 1.81. The normalized spacial score (nSPS) is 15.1. The Morgan fingerprint density at radius 1 is 1.14 bits per heavy atom. The van der Waals surface area contributed by atoms with Crippen LogP contribution in [0.2, 0.25) is 0 Å². The lowest BCUT2D eigenvalue weighted by Crippen LogP contribution is -2.49. The smallest absolute Gasteiger partial charge is 0.261 e. The van der Waals surface area contributed by atoms with E-state index in [-0.39, 0.29) is 29.9 Å². The molecule has 1 saturated heterocycles. The van der Waals surface area contributed by atoms with Crippen molar-refractivity contribution in [3.8, 4) is 5.75 Å². The molecule has 0 spiro atoms. The number of hydrogen-bond acceptors (Lipinski definition) is 6. The molecule has 1 aliphatic rings. The second-order valence-electron chi connectivity index (χ2n) is 7.99. The minimum atomic E-state index is -3.62. The summed E-state index contributed by atoms with van der Waals surface area (Å²) in [6, 6.07) is 14.6. The van der Waals surface area contributed by atoms with E-state index in [1.807, 2.05) is 30.3 Å². The molecular weight excluding hydrogens is 470 g/mol. The molecule has 10 heteroatoms. The molecule has 2 amide bonds. The number of hydrogen-bond donors (Lipinski definition) is 1.